The number of benzene rings is 1. The van der Waals surface area contributed by atoms with Gasteiger partial charge in [0.2, 0.25) is 0 Å². The summed E-state index contributed by atoms with van der Waals surface area (Å²) in [6.45, 7) is 2.69. The molecule has 0 spiro atoms. The minimum atomic E-state index is 0.628. The van der Waals surface area contributed by atoms with Crippen molar-refractivity contribution in [1.82, 2.24) is 9.78 Å². The van der Waals surface area contributed by atoms with Crippen molar-refractivity contribution in [2.75, 3.05) is 11.9 Å². The molecule has 1 aromatic heterocycles. The molecule has 19 heavy (non-hydrogen) atoms. The summed E-state index contributed by atoms with van der Waals surface area (Å²) in [5, 5.41) is 7.92. The number of nitrogens with one attached hydrogen (secondary N) is 1. The van der Waals surface area contributed by atoms with E-state index in [1.807, 2.05) is 30.8 Å². The number of ether oxygens (including phenoxy) is 1. The van der Waals surface area contributed by atoms with E-state index in [1.165, 1.54) is 12.8 Å². The molecule has 4 nitrogen and oxygen atoms in total. The van der Waals surface area contributed by atoms with Crippen molar-refractivity contribution in [2.45, 2.75) is 25.8 Å². The lowest BCUT2D eigenvalue weighted by atomic mass is 10.1. The zero-order chi connectivity index (χ0) is 13.2. The Hall–Kier alpha value is -1.97. The standard InChI is InChI=1S/C15H19N3O/c1-3-19-13-8-4-11(5-9-13)14-10-15(17-18(14)2)16-12-6-7-12/h4-5,8-10,12H,3,6-7H2,1-2H3,(H,16,17). The molecule has 100 valence electrons. The van der Waals surface area contributed by atoms with Gasteiger partial charge < -0.3 is 10.1 Å². The fourth-order valence-corrected chi connectivity index (χ4v) is 2.13. The van der Waals surface area contributed by atoms with Crippen molar-refractivity contribution in [3.63, 3.8) is 0 Å². The third-order valence-electron chi connectivity index (χ3n) is 3.27. The van der Waals surface area contributed by atoms with Crippen LogP contribution in [0.2, 0.25) is 0 Å². The summed E-state index contributed by atoms with van der Waals surface area (Å²) in [4.78, 5) is 0. The largest absolute Gasteiger partial charge is 0.494 e. The Bertz CT molecular complexity index is 555. The summed E-state index contributed by atoms with van der Waals surface area (Å²) in [7, 11) is 1.98. The minimum absolute atomic E-state index is 0.628. The molecule has 0 aliphatic heterocycles. The van der Waals surface area contributed by atoms with Gasteiger partial charge in [-0.1, -0.05) is 0 Å². The van der Waals surface area contributed by atoms with E-state index in [-0.39, 0.29) is 0 Å². The molecular formula is C15H19N3O. The third-order valence-corrected chi connectivity index (χ3v) is 3.27. The van der Waals surface area contributed by atoms with E-state index in [9.17, 15) is 0 Å². The van der Waals surface area contributed by atoms with Crippen LogP contribution in [0, 0.1) is 0 Å². The van der Waals surface area contributed by atoms with Crippen LogP contribution in [0.4, 0.5) is 5.82 Å². The first-order valence-corrected chi connectivity index (χ1v) is 6.80. The topological polar surface area (TPSA) is 39.1 Å². The number of anilines is 1. The second kappa shape index (κ2) is 4.96. The Balaban J connectivity index is 1.81. The molecule has 0 bridgehead atoms. The first kappa shape index (κ1) is 12.1. The number of nitrogens with zero attached hydrogens (tertiary/aromatic N) is 2. The highest BCUT2D eigenvalue weighted by Gasteiger charge is 2.22. The molecule has 1 fully saturated rings. The molecule has 0 atom stereocenters. The predicted molar refractivity (Wildman–Crippen MR) is 76.5 cm³/mol. The van der Waals surface area contributed by atoms with Crippen LogP contribution in [-0.2, 0) is 7.05 Å². The van der Waals surface area contributed by atoms with Crippen molar-refractivity contribution in [3.8, 4) is 17.0 Å². The molecule has 4 heteroatoms. The van der Waals surface area contributed by atoms with Crippen molar-refractivity contribution >= 4 is 5.82 Å². The lowest BCUT2D eigenvalue weighted by molar-refractivity contribution is 0.340. The maximum Gasteiger partial charge on any atom is 0.148 e. The molecule has 2 aromatic rings. The highest BCUT2D eigenvalue weighted by molar-refractivity contribution is 5.64. The van der Waals surface area contributed by atoms with Crippen molar-refractivity contribution in [2.24, 2.45) is 7.05 Å². The van der Waals surface area contributed by atoms with Crippen LogP contribution in [0.1, 0.15) is 19.8 Å². The fraction of sp³-hybridized carbons (Fsp3) is 0.400. The Morgan fingerprint density at radius 2 is 2.05 bits per heavy atom. The minimum Gasteiger partial charge on any atom is -0.494 e. The highest BCUT2D eigenvalue weighted by atomic mass is 16.5. The Labute approximate surface area is 113 Å². The number of rotatable bonds is 5. The molecule has 0 amide bonds. The van der Waals surface area contributed by atoms with Crippen LogP contribution in [0.15, 0.2) is 30.3 Å². The normalized spacial score (nSPS) is 14.4. The summed E-state index contributed by atoms with van der Waals surface area (Å²) in [5.41, 5.74) is 2.27. The number of aromatic nitrogens is 2. The molecular weight excluding hydrogens is 238 g/mol. The zero-order valence-electron chi connectivity index (χ0n) is 11.4. The van der Waals surface area contributed by atoms with Gasteiger partial charge in [0.25, 0.3) is 0 Å². The molecule has 1 heterocycles. The van der Waals surface area contributed by atoms with E-state index in [4.69, 9.17) is 4.74 Å². The summed E-state index contributed by atoms with van der Waals surface area (Å²) in [6, 6.07) is 10.9. The van der Waals surface area contributed by atoms with Crippen molar-refractivity contribution in [1.29, 1.82) is 0 Å². The van der Waals surface area contributed by atoms with Gasteiger partial charge in [0.15, 0.2) is 0 Å². The number of hydrogen-bond acceptors (Lipinski definition) is 3. The average Bonchev–Trinajstić information content (AvgIpc) is 3.14. The molecule has 0 unspecified atom stereocenters. The second-order valence-corrected chi connectivity index (χ2v) is 4.91. The maximum atomic E-state index is 5.46. The Kier molecular flexibility index (Phi) is 3.15. The summed E-state index contributed by atoms with van der Waals surface area (Å²) in [5.74, 6) is 1.87. The quantitative estimate of drug-likeness (QED) is 0.894. The second-order valence-electron chi connectivity index (χ2n) is 4.91. The SMILES string of the molecule is CCOc1ccc(-c2cc(NC3CC3)nn2C)cc1. The van der Waals surface area contributed by atoms with Crippen molar-refractivity contribution in [3.05, 3.63) is 30.3 Å². The monoisotopic (exact) mass is 257 g/mol. The molecule has 0 radical (unpaired) electrons. The highest BCUT2D eigenvalue weighted by Crippen LogP contribution is 2.28. The molecule has 1 aliphatic carbocycles. The smallest absolute Gasteiger partial charge is 0.148 e. The van der Waals surface area contributed by atoms with E-state index in [0.29, 0.717) is 12.6 Å². The maximum absolute atomic E-state index is 5.46. The molecule has 1 aromatic carbocycles. The van der Waals surface area contributed by atoms with Gasteiger partial charge in [-0.05, 0) is 44.0 Å². The van der Waals surface area contributed by atoms with E-state index in [1.54, 1.807) is 0 Å². The fourth-order valence-electron chi connectivity index (χ4n) is 2.13. The van der Waals surface area contributed by atoms with Gasteiger partial charge in [-0.15, -0.1) is 0 Å². The van der Waals surface area contributed by atoms with E-state index >= 15 is 0 Å². The van der Waals surface area contributed by atoms with Crippen LogP contribution in [0.5, 0.6) is 5.75 Å². The van der Waals surface area contributed by atoms with Crippen LogP contribution < -0.4 is 10.1 Å². The van der Waals surface area contributed by atoms with Gasteiger partial charge in [-0.2, -0.15) is 5.10 Å². The van der Waals surface area contributed by atoms with Crippen LogP contribution >= 0.6 is 0 Å². The zero-order valence-corrected chi connectivity index (χ0v) is 11.4. The van der Waals surface area contributed by atoms with E-state index in [0.717, 1.165) is 22.8 Å². The van der Waals surface area contributed by atoms with E-state index < -0.39 is 0 Å². The van der Waals surface area contributed by atoms with Crippen LogP contribution in [0.3, 0.4) is 0 Å². The summed E-state index contributed by atoms with van der Waals surface area (Å²) < 4.78 is 7.38. The number of aryl methyl sites for hydroxylation is 1. The van der Waals surface area contributed by atoms with E-state index in [2.05, 4.69) is 28.6 Å². The van der Waals surface area contributed by atoms with Gasteiger partial charge >= 0.3 is 0 Å². The summed E-state index contributed by atoms with van der Waals surface area (Å²) in [6.07, 6.45) is 2.52. The van der Waals surface area contributed by atoms with Gasteiger partial charge in [-0.25, -0.2) is 0 Å². The molecule has 1 saturated carbocycles. The Morgan fingerprint density at radius 3 is 2.68 bits per heavy atom. The third kappa shape index (κ3) is 2.72. The summed E-state index contributed by atoms with van der Waals surface area (Å²) >= 11 is 0. The van der Waals surface area contributed by atoms with Crippen molar-refractivity contribution < 1.29 is 4.74 Å². The molecule has 1 N–H and O–H groups in total. The first-order chi connectivity index (χ1) is 9.26. The van der Waals surface area contributed by atoms with Gasteiger partial charge in [0.05, 0.1) is 12.3 Å². The first-order valence-electron chi connectivity index (χ1n) is 6.80. The predicted octanol–water partition coefficient (Wildman–Crippen LogP) is 3.06. The van der Waals surface area contributed by atoms with Crippen LogP contribution in [-0.4, -0.2) is 22.4 Å². The van der Waals surface area contributed by atoms with Gasteiger partial charge in [0.1, 0.15) is 11.6 Å². The van der Waals surface area contributed by atoms with Gasteiger partial charge in [0, 0.05) is 24.7 Å². The molecule has 0 saturated heterocycles. The lowest BCUT2D eigenvalue weighted by Crippen LogP contribution is -2.01. The average molecular weight is 257 g/mol. The number of hydrogen-bond donors (Lipinski definition) is 1. The van der Waals surface area contributed by atoms with Gasteiger partial charge in [-0.3, -0.25) is 4.68 Å². The molecule has 3 rings (SSSR count). The Morgan fingerprint density at radius 1 is 1.32 bits per heavy atom. The molecule has 1 aliphatic rings. The lowest BCUT2D eigenvalue weighted by Gasteiger charge is -2.05. The van der Waals surface area contributed by atoms with Crippen LogP contribution in [0.25, 0.3) is 11.3 Å².